The molecule has 1 heterocycles. The minimum atomic E-state index is -0.609. The molecule has 0 fully saturated rings. The summed E-state index contributed by atoms with van der Waals surface area (Å²) in [5, 5.41) is 2.89. The third-order valence-corrected chi connectivity index (χ3v) is 2.39. The largest absolute Gasteiger partial charge is 0.464 e. The molecule has 0 unspecified atom stereocenters. The topological polar surface area (TPSA) is 59.9 Å². The molecule has 20 heavy (non-hydrogen) atoms. The summed E-state index contributed by atoms with van der Waals surface area (Å²) in [6.07, 6.45) is 0. The molecule has 0 saturated carbocycles. The van der Waals surface area contributed by atoms with E-state index in [4.69, 9.17) is 4.74 Å². The van der Waals surface area contributed by atoms with Gasteiger partial charge in [0.05, 0.1) is 12.2 Å². The predicted octanol–water partition coefficient (Wildman–Crippen LogP) is 2.65. The highest BCUT2D eigenvalue weighted by molar-refractivity contribution is 5.57. The molecular weight excluding hydrogens is 266 g/mol. The monoisotopic (exact) mass is 280 g/mol. The molecule has 0 saturated heterocycles. The zero-order valence-electron chi connectivity index (χ0n) is 11.2. The van der Waals surface area contributed by atoms with Gasteiger partial charge in [0.15, 0.2) is 5.82 Å². The van der Waals surface area contributed by atoms with Crippen molar-refractivity contribution in [3.05, 3.63) is 29.8 Å². The van der Waals surface area contributed by atoms with Gasteiger partial charge in [-0.1, -0.05) is 0 Å². The summed E-state index contributed by atoms with van der Waals surface area (Å²) in [7, 11) is 0. The fourth-order valence-corrected chi connectivity index (χ4v) is 1.58. The maximum Gasteiger partial charge on any atom is 0.321 e. The van der Waals surface area contributed by atoms with Crippen LogP contribution in [0, 0.1) is 11.6 Å². The Labute approximate surface area is 115 Å². The Morgan fingerprint density at radius 3 is 2.65 bits per heavy atom. The van der Waals surface area contributed by atoms with Crippen molar-refractivity contribution in [1.82, 2.24) is 15.0 Å². The average Bonchev–Trinajstić information content (AvgIpc) is 2.42. The Hall–Kier alpha value is -2.31. The molecule has 106 valence electrons. The summed E-state index contributed by atoms with van der Waals surface area (Å²) in [6, 6.07) is 3.17. The van der Waals surface area contributed by atoms with E-state index in [-0.39, 0.29) is 23.3 Å². The van der Waals surface area contributed by atoms with Crippen LogP contribution in [0.5, 0.6) is 6.01 Å². The summed E-state index contributed by atoms with van der Waals surface area (Å²) in [5.74, 6) is -0.895. The molecule has 2 rings (SSSR count). The van der Waals surface area contributed by atoms with E-state index in [2.05, 4.69) is 20.3 Å². The lowest BCUT2D eigenvalue weighted by Gasteiger charge is -2.08. The number of nitrogens with zero attached hydrogens (tertiary/aromatic N) is 3. The first-order valence-corrected chi connectivity index (χ1v) is 6.22. The summed E-state index contributed by atoms with van der Waals surface area (Å²) in [6.45, 7) is 4.59. The van der Waals surface area contributed by atoms with Gasteiger partial charge in [0.1, 0.15) is 11.6 Å². The number of hydrogen-bond donors (Lipinski definition) is 1. The van der Waals surface area contributed by atoms with Gasteiger partial charge in [-0.25, -0.2) is 8.78 Å². The number of benzene rings is 1. The second-order valence-corrected chi connectivity index (χ2v) is 3.85. The first-order valence-electron chi connectivity index (χ1n) is 6.22. The van der Waals surface area contributed by atoms with Crippen LogP contribution >= 0.6 is 0 Å². The van der Waals surface area contributed by atoms with Crippen molar-refractivity contribution in [1.29, 1.82) is 0 Å². The fraction of sp³-hybridized carbons (Fsp3) is 0.308. The fourth-order valence-electron chi connectivity index (χ4n) is 1.58. The Bertz CT molecular complexity index is 583. The molecule has 0 amide bonds. The first-order chi connectivity index (χ1) is 9.63. The molecule has 0 aliphatic rings. The first kappa shape index (κ1) is 14.1. The van der Waals surface area contributed by atoms with Crippen LogP contribution < -0.4 is 10.1 Å². The standard InChI is InChI=1S/C13H14F2N4O/c1-3-16-12-17-11(18-13(19-12)20-4-2)9-7-8(14)5-6-10(9)15/h5-7H,3-4H2,1-2H3,(H,16,17,18,19). The highest BCUT2D eigenvalue weighted by Gasteiger charge is 2.13. The molecule has 0 spiro atoms. The van der Waals surface area contributed by atoms with Gasteiger partial charge in [0.2, 0.25) is 5.95 Å². The Balaban J connectivity index is 2.51. The van der Waals surface area contributed by atoms with Crippen molar-refractivity contribution in [3.8, 4) is 17.4 Å². The number of ether oxygens (including phenoxy) is 1. The Morgan fingerprint density at radius 1 is 1.15 bits per heavy atom. The zero-order valence-corrected chi connectivity index (χ0v) is 11.2. The van der Waals surface area contributed by atoms with Crippen LogP contribution in [-0.2, 0) is 0 Å². The van der Waals surface area contributed by atoms with Gasteiger partial charge >= 0.3 is 6.01 Å². The van der Waals surface area contributed by atoms with Gasteiger partial charge in [0.25, 0.3) is 0 Å². The van der Waals surface area contributed by atoms with E-state index in [0.717, 1.165) is 18.2 Å². The van der Waals surface area contributed by atoms with Crippen LogP contribution in [0.4, 0.5) is 14.7 Å². The van der Waals surface area contributed by atoms with Gasteiger partial charge in [-0.2, -0.15) is 15.0 Å². The van der Waals surface area contributed by atoms with E-state index in [0.29, 0.717) is 13.2 Å². The van der Waals surface area contributed by atoms with Crippen LogP contribution in [0.25, 0.3) is 11.4 Å². The summed E-state index contributed by atoms with van der Waals surface area (Å²) in [4.78, 5) is 12.1. The number of halogens is 2. The molecule has 0 aliphatic heterocycles. The average molecular weight is 280 g/mol. The lowest BCUT2D eigenvalue weighted by atomic mass is 10.2. The Morgan fingerprint density at radius 2 is 1.95 bits per heavy atom. The highest BCUT2D eigenvalue weighted by atomic mass is 19.1. The molecular formula is C13H14F2N4O. The molecule has 2 aromatic rings. The summed E-state index contributed by atoms with van der Waals surface area (Å²) < 4.78 is 32.2. The predicted molar refractivity (Wildman–Crippen MR) is 70.5 cm³/mol. The Kier molecular flexibility index (Phi) is 4.39. The number of rotatable bonds is 5. The SMILES string of the molecule is CCNc1nc(OCC)nc(-c2cc(F)ccc2F)n1. The second-order valence-electron chi connectivity index (χ2n) is 3.85. The normalized spacial score (nSPS) is 10.4. The lowest BCUT2D eigenvalue weighted by Crippen LogP contribution is -2.08. The summed E-state index contributed by atoms with van der Waals surface area (Å²) in [5.41, 5.74) is -0.0347. The number of nitrogens with one attached hydrogen (secondary N) is 1. The van der Waals surface area contributed by atoms with E-state index in [1.54, 1.807) is 6.92 Å². The van der Waals surface area contributed by atoms with Crippen molar-refractivity contribution in [3.63, 3.8) is 0 Å². The van der Waals surface area contributed by atoms with E-state index in [9.17, 15) is 8.78 Å². The number of aromatic nitrogens is 3. The van der Waals surface area contributed by atoms with Gasteiger partial charge in [-0.05, 0) is 32.0 Å². The van der Waals surface area contributed by atoms with E-state index in [1.165, 1.54) is 0 Å². The second kappa shape index (κ2) is 6.23. The van der Waals surface area contributed by atoms with Crippen LogP contribution in [-0.4, -0.2) is 28.1 Å². The smallest absolute Gasteiger partial charge is 0.321 e. The number of hydrogen-bond acceptors (Lipinski definition) is 5. The van der Waals surface area contributed by atoms with Gasteiger partial charge in [-0.15, -0.1) is 0 Å². The van der Waals surface area contributed by atoms with Crippen molar-refractivity contribution in [2.24, 2.45) is 0 Å². The van der Waals surface area contributed by atoms with Gasteiger partial charge in [0, 0.05) is 6.54 Å². The quantitative estimate of drug-likeness (QED) is 0.912. The van der Waals surface area contributed by atoms with Crippen molar-refractivity contribution in [2.75, 3.05) is 18.5 Å². The minimum absolute atomic E-state index is 0.0244. The van der Waals surface area contributed by atoms with Crippen molar-refractivity contribution in [2.45, 2.75) is 13.8 Å². The minimum Gasteiger partial charge on any atom is -0.464 e. The van der Waals surface area contributed by atoms with E-state index < -0.39 is 11.6 Å². The lowest BCUT2D eigenvalue weighted by molar-refractivity contribution is 0.312. The molecule has 5 nitrogen and oxygen atoms in total. The molecule has 0 aliphatic carbocycles. The molecule has 1 aromatic carbocycles. The molecule has 0 radical (unpaired) electrons. The maximum absolute atomic E-state index is 13.8. The van der Waals surface area contributed by atoms with E-state index in [1.807, 2.05) is 6.92 Å². The molecule has 7 heteroatoms. The van der Waals surface area contributed by atoms with Crippen LogP contribution in [0.2, 0.25) is 0 Å². The highest BCUT2D eigenvalue weighted by Crippen LogP contribution is 2.22. The third kappa shape index (κ3) is 3.17. The van der Waals surface area contributed by atoms with E-state index >= 15 is 0 Å². The molecule has 0 atom stereocenters. The van der Waals surface area contributed by atoms with Crippen molar-refractivity contribution >= 4 is 5.95 Å². The van der Waals surface area contributed by atoms with Crippen LogP contribution in [0.15, 0.2) is 18.2 Å². The molecule has 0 bridgehead atoms. The maximum atomic E-state index is 13.8. The molecule has 1 aromatic heterocycles. The van der Waals surface area contributed by atoms with Crippen molar-refractivity contribution < 1.29 is 13.5 Å². The van der Waals surface area contributed by atoms with Crippen LogP contribution in [0.1, 0.15) is 13.8 Å². The van der Waals surface area contributed by atoms with Crippen LogP contribution in [0.3, 0.4) is 0 Å². The zero-order chi connectivity index (χ0) is 14.5. The van der Waals surface area contributed by atoms with Gasteiger partial charge in [-0.3, -0.25) is 0 Å². The molecule has 1 N–H and O–H groups in total. The third-order valence-electron chi connectivity index (χ3n) is 2.39. The summed E-state index contributed by atoms with van der Waals surface area (Å²) >= 11 is 0. The number of anilines is 1. The van der Waals surface area contributed by atoms with Gasteiger partial charge < -0.3 is 10.1 Å².